The first kappa shape index (κ1) is 14.5. The Morgan fingerprint density at radius 3 is 2.36 bits per heavy atom. The summed E-state index contributed by atoms with van der Waals surface area (Å²) in [7, 11) is 0. The van der Waals surface area contributed by atoms with Crippen LogP contribution in [0.1, 0.15) is 36.5 Å². The van der Waals surface area contributed by atoms with Gasteiger partial charge in [-0.2, -0.15) is 0 Å². The number of hydrogen-bond acceptors (Lipinski definition) is 1. The molecule has 0 aliphatic rings. The second kappa shape index (κ2) is 6.57. The molecule has 22 heavy (non-hydrogen) atoms. The molecule has 0 aliphatic carbocycles. The van der Waals surface area contributed by atoms with Crippen LogP contribution >= 0.6 is 0 Å². The summed E-state index contributed by atoms with van der Waals surface area (Å²) in [5.41, 5.74) is 3.11. The van der Waals surface area contributed by atoms with E-state index in [2.05, 4.69) is 37.3 Å². The van der Waals surface area contributed by atoms with E-state index in [9.17, 15) is 4.79 Å². The Bertz CT molecular complexity index is 787. The number of benzene rings is 3. The van der Waals surface area contributed by atoms with Gasteiger partial charge < -0.3 is 0 Å². The van der Waals surface area contributed by atoms with Crippen molar-refractivity contribution in [2.24, 2.45) is 0 Å². The molecule has 0 amide bonds. The summed E-state index contributed by atoms with van der Waals surface area (Å²) < 4.78 is 0. The van der Waals surface area contributed by atoms with Crippen molar-refractivity contribution in [2.75, 3.05) is 0 Å². The van der Waals surface area contributed by atoms with Crippen LogP contribution < -0.4 is 0 Å². The monoisotopic (exact) mass is 288 g/mol. The number of unbranched alkanes of at least 4 members (excludes halogenated alkanes) is 1. The summed E-state index contributed by atoms with van der Waals surface area (Å²) in [4.78, 5) is 12.6. The number of carbonyl (C=O) groups excluding carboxylic acids is 1. The zero-order chi connectivity index (χ0) is 15.4. The maximum Gasteiger partial charge on any atom is 0.163 e. The summed E-state index contributed by atoms with van der Waals surface area (Å²) in [5.74, 6) is 0.246. The zero-order valence-electron chi connectivity index (χ0n) is 12.9. The van der Waals surface area contributed by atoms with E-state index in [1.54, 1.807) is 0 Å². The van der Waals surface area contributed by atoms with Gasteiger partial charge in [0.05, 0.1) is 0 Å². The van der Waals surface area contributed by atoms with E-state index in [1.807, 2.05) is 36.4 Å². The Hall–Kier alpha value is -2.41. The van der Waals surface area contributed by atoms with Gasteiger partial charge in [0.2, 0.25) is 0 Å². The third-order valence-electron chi connectivity index (χ3n) is 4.03. The van der Waals surface area contributed by atoms with Crippen LogP contribution in [-0.2, 0) is 0 Å². The lowest BCUT2D eigenvalue weighted by Gasteiger charge is -2.10. The number of fused-ring (bicyclic) bond motifs is 1. The number of carbonyl (C=O) groups is 1. The topological polar surface area (TPSA) is 17.1 Å². The first-order chi connectivity index (χ1) is 10.8. The summed E-state index contributed by atoms with van der Waals surface area (Å²) in [6, 6.07) is 22.6. The van der Waals surface area contributed by atoms with Gasteiger partial charge in [-0.05, 0) is 40.5 Å². The van der Waals surface area contributed by atoms with E-state index in [4.69, 9.17) is 0 Å². The van der Waals surface area contributed by atoms with E-state index in [1.165, 1.54) is 0 Å². The Morgan fingerprint density at radius 1 is 0.864 bits per heavy atom. The SMILES string of the molecule is CCCCC(=O)c1cc(-c2ccccc2)cc2ccccc12. The van der Waals surface area contributed by atoms with Gasteiger partial charge in [0.25, 0.3) is 0 Å². The molecule has 0 spiro atoms. The molecule has 0 radical (unpaired) electrons. The molecular weight excluding hydrogens is 268 g/mol. The maximum absolute atomic E-state index is 12.6. The largest absolute Gasteiger partial charge is 0.294 e. The molecule has 0 aliphatic heterocycles. The van der Waals surface area contributed by atoms with Gasteiger partial charge in [-0.3, -0.25) is 4.79 Å². The average molecular weight is 288 g/mol. The van der Waals surface area contributed by atoms with Crippen LogP contribution in [0.5, 0.6) is 0 Å². The lowest BCUT2D eigenvalue weighted by molar-refractivity contribution is 0.0981. The second-order valence-electron chi connectivity index (χ2n) is 5.64. The molecule has 0 heterocycles. The molecule has 0 bridgehead atoms. The Balaban J connectivity index is 2.14. The smallest absolute Gasteiger partial charge is 0.163 e. The number of hydrogen-bond donors (Lipinski definition) is 0. The summed E-state index contributed by atoms with van der Waals surface area (Å²) in [6.45, 7) is 2.12. The van der Waals surface area contributed by atoms with E-state index in [0.717, 1.165) is 40.3 Å². The first-order valence-electron chi connectivity index (χ1n) is 7.91. The van der Waals surface area contributed by atoms with Crippen molar-refractivity contribution in [3.05, 3.63) is 72.3 Å². The van der Waals surface area contributed by atoms with Crippen molar-refractivity contribution in [1.82, 2.24) is 0 Å². The molecule has 1 nitrogen and oxygen atoms in total. The Labute approximate surface area is 131 Å². The molecular formula is C21H20O. The van der Waals surface area contributed by atoms with Crippen LogP contribution in [0, 0.1) is 0 Å². The average Bonchev–Trinajstić information content (AvgIpc) is 2.59. The minimum Gasteiger partial charge on any atom is -0.294 e. The Kier molecular flexibility index (Phi) is 4.34. The fraction of sp³-hybridized carbons (Fsp3) is 0.190. The second-order valence-corrected chi connectivity index (χ2v) is 5.64. The summed E-state index contributed by atoms with van der Waals surface area (Å²) in [6.07, 6.45) is 2.61. The van der Waals surface area contributed by atoms with Gasteiger partial charge in [-0.1, -0.05) is 67.9 Å². The molecule has 0 aromatic heterocycles. The quantitative estimate of drug-likeness (QED) is 0.536. The van der Waals surface area contributed by atoms with E-state index in [0.29, 0.717) is 6.42 Å². The molecule has 0 N–H and O–H groups in total. The molecule has 1 heteroatoms. The standard InChI is InChI=1S/C21H20O/c1-2-3-13-21(22)20-15-18(16-9-5-4-6-10-16)14-17-11-7-8-12-19(17)20/h4-12,14-15H,2-3,13H2,1H3. The van der Waals surface area contributed by atoms with Crippen molar-refractivity contribution >= 4 is 16.6 Å². The predicted molar refractivity (Wildman–Crippen MR) is 93.2 cm³/mol. The third-order valence-corrected chi connectivity index (χ3v) is 4.03. The van der Waals surface area contributed by atoms with Gasteiger partial charge in [0, 0.05) is 12.0 Å². The number of Topliss-reactive ketones (excluding diaryl/α,β-unsaturated/α-hetero) is 1. The summed E-state index contributed by atoms with van der Waals surface area (Å²) >= 11 is 0. The molecule has 3 aromatic rings. The summed E-state index contributed by atoms with van der Waals surface area (Å²) in [5, 5.41) is 2.19. The zero-order valence-corrected chi connectivity index (χ0v) is 12.9. The molecule has 3 aromatic carbocycles. The van der Waals surface area contributed by atoms with Crippen molar-refractivity contribution in [1.29, 1.82) is 0 Å². The van der Waals surface area contributed by atoms with Crippen LogP contribution in [0.25, 0.3) is 21.9 Å². The van der Waals surface area contributed by atoms with Crippen LogP contribution in [-0.4, -0.2) is 5.78 Å². The van der Waals surface area contributed by atoms with Crippen LogP contribution in [0.3, 0.4) is 0 Å². The molecule has 110 valence electrons. The lowest BCUT2D eigenvalue weighted by atomic mass is 9.93. The number of rotatable bonds is 5. The Morgan fingerprint density at radius 2 is 1.59 bits per heavy atom. The van der Waals surface area contributed by atoms with Crippen molar-refractivity contribution in [3.63, 3.8) is 0 Å². The van der Waals surface area contributed by atoms with Crippen molar-refractivity contribution in [2.45, 2.75) is 26.2 Å². The van der Waals surface area contributed by atoms with Gasteiger partial charge in [-0.15, -0.1) is 0 Å². The van der Waals surface area contributed by atoms with Gasteiger partial charge in [0.1, 0.15) is 0 Å². The van der Waals surface area contributed by atoms with Crippen LogP contribution in [0.15, 0.2) is 66.7 Å². The predicted octanol–water partition coefficient (Wildman–Crippen LogP) is 5.88. The third kappa shape index (κ3) is 2.94. The van der Waals surface area contributed by atoms with Crippen molar-refractivity contribution < 1.29 is 4.79 Å². The van der Waals surface area contributed by atoms with E-state index >= 15 is 0 Å². The highest BCUT2D eigenvalue weighted by Crippen LogP contribution is 2.28. The van der Waals surface area contributed by atoms with Crippen LogP contribution in [0.4, 0.5) is 0 Å². The highest BCUT2D eigenvalue weighted by atomic mass is 16.1. The highest BCUT2D eigenvalue weighted by Gasteiger charge is 2.12. The molecule has 0 saturated carbocycles. The van der Waals surface area contributed by atoms with Gasteiger partial charge in [-0.25, -0.2) is 0 Å². The van der Waals surface area contributed by atoms with E-state index < -0.39 is 0 Å². The van der Waals surface area contributed by atoms with Gasteiger partial charge >= 0.3 is 0 Å². The van der Waals surface area contributed by atoms with Crippen molar-refractivity contribution in [3.8, 4) is 11.1 Å². The number of ketones is 1. The minimum atomic E-state index is 0.246. The lowest BCUT2D eigenvalue weighted by Crippen LogP contribution is -2.00. The minimum absolute atomic E-state index is 0.246. The fourth-order valence-electron chi connectivity index (χ4n) is 2.81. The molecule has 0 saturated heterocycles. The first-order valence-corrected chi connectivity index (χ1v) is 7.91. The molecule has 3 rings (SSSR count). The fourth-order valence-corrected chi connectivity index (χ4v) is 2.81. The van der Waals surface area contributed by atoms with Crippen LogP contribution in [0.2, 0.25) is 0 Å². The van der Waals surface area contributed by atoms with Gasteiger partial charge in [0.15, 0.2) is 5.78 Å². The highest BCUT2D eigenvalue weighted by molar-refractivity contribution is 6.09. The molecule has 0 unspecified atom stereocenters. The molecule has 0 atom stereocenters. The maximum atomic E-state index is 12.6. The normalized spacial score (nSPS) is 10.8. The van der Waals surface area contributed by atoms with E-state index in [-0.39, 0.29) is 5.78 Å². The molecule has 0 fully saturated rings.